The van der Waals surface area contributed by atoms with Gasteiger partial charge in [0.25, 0.3) is 5.91 Å². The number of rotatable bonds is 7. The topological polar surface area (TPSA) is 71.7 Å². The van der Waals surface area contributed by atoms with Crippen molar-refractivity contribution in [2.24, 2.45) is 0 Å². The third-order valence-corrected chi connectivity index (χ3v) is 4.23. The van der Waals surface area contributed by atoms with Crippen LogP contribution in [0.2, 0.25) is 5.02 Å². The number of nitrogens with one attached hydrogen (secondary N) is 1. The molecular weight excluding hydrogens is 366 g/mol. The molecule has 0 saturated heterocycles. The second-order valence-corrected chi connectivity index (χ2v) is 6.35. The van der Waals surface area contributed by atoms with E-state index in [0.29, 0.717) is 40.0 Å². The van der Waals surface area contributed by atoms with Gasteiger partial charge < -0.3 is 19.6 Å². The van der Waals surface area contributed by atoms with Gasteiger partial charge in [-0.05, 0) is 61.0 Å². The summed E-state index contributed by atoms with van der Waals surface area (Å²) in [5, 5.41) is 12.5. The van der Waals surface area contributed by atoms with Crippen molar-refractivity contribution in [3.8, 4) is 17.1 Å². The molecule has 1 heterocycles. The number of benzene rings is 2. The minimum Gasteiger partial charge on any atom is -0.494 e. The average Bonchev–Trinajstić information content (AvgIpc) is 3.17. The number of ether oxygens (including phenoxy) is 1. The Morgan fingerprint density at radius 3 is 2.59 bits per heavy atom. The first kappa shape index (κ1) is 19.0. The second-order valence-electron chi connectivity index (χ2n) is 5.95. The summed E-state index contributed by atoms with van der Waals surface area (Å²) in [7, 11) is 0. The van der Waals surface area contributed by atoms with Crippen LogP contribution in [0, 0.1) is 0 Å². The molecule has 0 atom stereocenters. The predicted molar refractivity (Wildman–Crippen MR) is 105 cm³/mol. The van der Waals surface area contributed by atoms with Crippen molar-refractivity contribution in [2.75, 3.05) is 11.9 Å². The molecule has 0 saturated carbocycles. The van der Waals surface area contributed by atoms with Crippen molar-refractivity contribution in [1.82, 2.24) is 0 Å². The molecule has 0 unspecified atom stereocenters. The standard InChI is InChI=1S/C21H20ClNO4/c1-2-11-26-16-6-3-14(4-7-16)21(25)23-15-5-9-19(22)18(12-15)20-10-8-17(13-24)27-20/h3-10,12,24H,2,11,13H2,1H3,(H,23,25). The fourth-order valence-corrected chi connectivity index (χ4v) is 2.74. The van der Waals surface area contributed by atoms with E-state index in [0.717, 1.165) is 12.2 Å². The first-order valence-electron chi connectivity index (χ1n) is 8.64. The summed E-state index contributed by atoms with van der Waals surface area (Å²) < 4.78 is 11.1. The van der Waals surface area contributed by atoms with E-state index in [1.165, 1.54) is 0 Å². The van der Waals surface area contributed by atoms with Gasteiger partial charge in [-0.3, -0.25) is 4.79 Å². The predicted octanol–water partition coefficient (Wildman–Crippen LogP) is 5.13. The Hall–Kier alpha value is -2.76. The lowest BCUT2D eigenvalue weighted by molar-refractivity contribution is 0.102. The minimum atomic E-state index is -0.235. The summed E-state index contributed by atoms with van der Waals surface area (Å²) in [6.07, 6.45) is 0.927. The van der Waals surface area contributed by atoms with Crippen molar-refractivity contribution >= 4 is 23.2 Å². The Balaban J connectivity index is 1.75. The van der Waals surface area contributed by atoms with Crippen molar-refractivity contribution in [3.63, 3.8) is 0 Å². The first-order chi connectivity index (χ1) is 13.1. The summed E-state index contributed by atoms with van der Waals surface area (Å²) in [5.41, 5.74) is 1.75. The Labute approximate surface area is 162 Å². The first-order valence-corrected chi connectivity index (χ1v) is 9.02. The molecule has 3 aromatic rings. The highest BCUT2D eigenvalue weighted by Crippen LogP contribution is 2.32. The van der Waals surface area contributed by atoms with Gasteiger partial charge in [0.15, 0.2) is 0 Å². The summed E-state index contributed by atoms with van der Waals surface area (Å²) in [4.78, 5) is 12.5. The molecule has 5 nitrogen and oxygen atoms in total. The number of carbonyl (C=O) groups excluding carboxylic acids is 1. The molecule has 27 heavy (non-hydrogen) atoms. The quantitative estimate of drug-likeness (QED) is 0.591. The molecule has 0 aliphatic heterocycles. The van der Waals surface area contributed by atoms with E-state index in [9.17, 15) is 4.79 Å². The molecule has 1 aromatic heterocycles. The van der Waals surface area contributed by atoms with Crippen molar-refractivity contribution in [3.05, 3.63) is 70.9 Å². The minimum absolute atomic E-state index is 0.188. The molecule has 0 spiro atoms. The number of halogens is 1. The number of amides is 1. The molecule has 0 fully saturated rings. The highest BCUT2D eigenvalue weighted by Gasteiger charge is 2.12. The van der Waals surface area contributed by atoms with E-state index in [-0.39, 0.29) is 12.5 Å². The highest BCUT2D eigenvalue weighted by molar-refractivity contribution is 6.33. The Kier molecular flexibility index (Phi) is 6.16. The zero-order chi connectivity index (χ0) is 19.2. The van der Waals surface area contributed by atoms with Crippen LogP contribution in [0.4, 0.5) is 5.69 Å². The van der Waals surface area contributed by atoms with Gasteiger partial charge in [-0.15, -0.1) is 0 Å². The lowest BCUT2D eigenvalue weighted by Crippen LogP contribution is -2.11. The van der Waals surface area contributed by atoms with E-state index in [1.54, 1.807) is 54.6 Å². The Bertz CT molecular complexity index is 918. The molecule has 3 rings (SSSR count). The molecule has 6 heteroatoms. The van der Waals surface area contributed by atoms with Crippen LogP contribution in [-0.2, 0) is 6.61 Å². The number of anilines is 1. The zero-order valence-corrected chi connectivity index (χ0v) is 15.6. The van der Waals surface area contributed by atoms with Crippen LogP contribution in [0.5, 0.6) is 5.75 Å². The van der Waals surface area contributed by atoms with E-state index >= 15 is 0 Å². The number of hydrogen-bond acceptors (Lipinski definition) is 4. The van der Waals surface area contributed by atoms with Gasteiger partial charge in [-0.2, -0.15) is 0 Å². The number of furan rings is 1. The van der Waals surface area contributed by atoms with Crippen LogP contribution in [0.3, 0.4) is 0 Å². The normalized spacial score (nSPS) is 10.6. The molecule has 140 valence electrons. The van der Waals surface area contributed by atoms with Crippen molar-refractivity contribution in [2.45, 2.75) is 20.0 Å². The maximum Gasteiger partial charge on any atom is 0.255 e. The van der Waals surface area contributed by atoms with Gasteiger partial charge in [0.2, 0.25) is 0 Å². The maximum absolute atomic E-state index is 12.5. The summed E-state index contributed by atoms with van der Waals surface area (Å²) in [6.45, 7) is 2.49. The molecule has 0 radical (unpaired) electrons. The van der Waals surface area contributed by atoms with Crippen LogP contribution in [0.15, 0.2) is 59.0 Å². The van der Waals surface area contributed by atoms with Crippen LogP contribution < -0.4 is 10.1 Å². The summed E-state index contributed by atoms with van der Waals surface area (Å²) in [6, 6.07) is 15.5. The Morgan fingerprint density at radius 1 is 1.15 bits per heavy atom. The average molecular weight is 386 g/mol. The monoisotopic (exact) mass is 385 g/mol. The molecule has 1 amide bonds. The van der Waals surface area contributed by atoms with Crippen LogP contribution in [-0.4, -0.2) is 17.6 Å². The SMILES string of the molecule is CCCOc1ccc(C(=O)Nc2ccc(Cl)c(-c3ccc(CO)o3)c2)cc1. The highest BCUT2D eigenvalue weighted by atomic mass is 35.5. The lowest BCUT2D eigenvalue weighted by atomic mass is 10.1. The van der Waals surface area contributed by atoms with E-state index in [2.05, 4.69) is 5.32 Å². The maximum atomic E-state index is 12.5. The van der Waals surface area contributed by atoms with Crippen LogP contribution in [0.25, 0.3) is 11.3 Å². The fraction of sp³-hybridized carbons (Fsp3) is 0.190. The second kappa shape index (κ2) is 8.75. The van der Waals surface area contributed by atoms with Gasteiger partial charge in [-0.1, -0.05) is 18.5 Å². The van der Waals surface area contributed by atoms with Gasteiger partial charge in [0.05, 0.1) is 11.6 Å². The molecule has 2 aromatic carbocycles. The third-order valence-electron chi connectivity index (χ3n) is 3.90. The van der Waals surface area contributed by atoms with Crippen molar-refractivity contribution in [1.29, 1.82) is 0 Å². The van der Waals surface area contributed by atoms with E-state index in [1.807, 2.05) is 6.92 Å². The number of carbonyl (C=O) groups is 1. The van der Waals surface area contributed by atoms with Crippen molar-refractivity contribution < 1.29 is 19.1 Å². The van der Waals surface area contributed by atoms with Crippen LogP contribution >= 0.6 is 11.6 Å². The molecule has 0 bridgehead atoms. The fourth-order valence-electron chi connectivity index (χ4n) is 2.53. The largest absolute Gasteiger partial charge is 0.494 e. The molecule has 2 N–H and O–H groups in total. The smallest absolute Gasteiger partial charge is 0.255 e. The molecule has 0 aliphatic rings. The number of aliphatic hydroxyl groups is 1. The van der Waals surface area contributed by atoms with Gasteiger partial charge >= 0.3 is 0 Å². The Morgan fingerprint density at radius 2 is 1.93 bits per heavy atom. The van der Waals surface area contributed by atoms with Gasteiger partial charge in [0.1, 0.15) is 23.9 Å². The lowest BCUT2D eigenvalue weighted by Gasteiger charge is -2.09. The number of hydrogen-bond donors (Lipinski definition) is 2. The molecular formula is C21H20ClNO4. The third kappa shape index (κ3) is 4.70. The van der Waals surface area contributed by atoms with Crippen LogP contribution in [0.1, 0.15) is 29.5 Å². The van der Waals surface area contributed by atoms with Gasteiger partial charge in [-0.25, -0.2) is 0 Å². The van der Waals surface area contributed by atoms with Gasteiger partial charge in [0, 0.05) is 16.8 Å². The zero-order valence-electron chi connectivity index (χ0n) is 14.9. The van der Waals surface area contributed by atoms with E-state index < -0.39 is 0 Å². The summed E-state index contributed by atoms with van der Waals surface area (Å²) >= 11 is 6.25. The van der Waals surface area contributed by atoms with E-state index in [4.69, 9.17) is 25.9 Å². The number of aliphatic hydroxyl groups excluding tert-OH is 1. The molecule has 0 aliphatic carbocycles. The summed E-state index contributed by atoms with van der Waals surface area (Å²) in [5.74, 6) is 1.47.